The van der Waals surface area contributed by atoms with Gasteiger partial charge in [0, 0.05) is 26.4 Å². The Balaban J connectivity index is 1.24. The quantitative estimate of drug-likeness (QED) is 0.156. The van der Waals surface area contributed by atoms with Crippen molar-refractivity contribution in [3.05, 3.63) is 0 Å². The van der Waals surface area contributed by atoms with Gasteiger partial charge >= 0.3 is 5.97 Å². The van der Waals surface area contributed by atoms with Gasteiger partial charge in [0.2, 0.25) is 5.91 Å². The molecule has 0 aromatic rings. The maximum atomic E-state index is 11.8. The number of hydrogen-bond donors (Lipinski definition) is 1. The molecule has 1 amide bonds. The molecular formula is C36H63NO6. The lowest BCUT2D eigenvalue weighted by molar-refractivity contribution is -0.171. The minimum atomic E-state index is -0.224. The van der Waals surface area contributed by atoms with Crippen LogP contribution in [0.5, 0.6) is 0 Å². The molecule has 248 valence electrons. The van der Waals surface area contributed by atoms with E-state index in [4.69, 9.17) is 14.2 Å². The van der Waals surface area contributed by atoms with E-state index in [1.165, 1.54) is 64.7 Å². The Morgan fingerprint density at radius 2 is 1.47 bits per heavy atom. The second-order valence-corrected chi connectivity index (χ2v) is 14.7. The molecule has 4 atom stereocenters. The summed E-state index contributed by atoms with van der Waals surface area (Å²) in [5.41, 5.74) is 0. The van der Waals surface area contributed by atoms with E-state index in [1.807, 2.05) is 11.8 Å². The van der Waals surface area contributed by atoms with Crippen molar-refractivity contribution in [1.29, 1.82) is 0 Å². The highest BCUT2D eigenvalue weighted by molar-refractivity contribution is 5.78. The minimum Gasteiger partial charge on any atom is -0.463 e. The molecule has 7 heteroatoms. The van der Waals surface area contributed by atoms with Crippen LogP contribution >= 0.6 is 0 Å². The van der Waals surface area contributed by atoms with E-state index < -0.39 is 0 Å². The summed E-state index contributed by atoms with van der Waals surface area (Å²) in [4.78, 5) is 25.2. The van der Waals surface area contributed by atoms with Gasteiger partial charge in [-0.15, -0.1) is 0 Å². The number of ether oxygens (including phenoxy) is 3. The summed E-state index contributed by atoms with van der Waals surface area (Å²) in [6.07, 6.45) is 19.0. The van der Waals surface area contributed by atoms with Crippen molar-refractivity contribution in [2.24, 2.45) is 35.5 Å². The van der Waals surface area contributed by atoms with E-state index >= 15 is 0 Å². The smallest absolute Gasteiger partial charge is 0.302 e. The van der Waals surface area contributed by atoms with Gasteiger partial charge in [-0.1, -0.05) is 20.3 Å². The van der Waals surface area contributed by atoms with Gasteiger partial charge in [-0.2, -0.15) is 0 Å². The van der Waals surface area contributed by atoms with Crippen LogP contribution < -0.4 is 0 Å². The molecule has 0 aromatic heterocycles. The molecule has 4 fully saturated rings. The first-order valence-electron chi connectivity index (χ1n) is 18.1. The Labute approximate surface area is 262 Å². The van der Waals surface area contributed by atoms with Gasteiger partial charge in [-0.05, 0) is 139 Å². The van der Waals surface area contributed by atoms with Crippen molar-refractivity contribution >= 4 is 11.9 Å². The maximum absolute atomic E-state index is 11.8. The van der Waals surface area contributed by atoms with Crippen LogP contribution in [0.2, 0.25) is 0 Å². The Morgan fingerprint density at radius 1 is 0.860 bits per heavy atom. The van der Waals surface area contributed by atoms with E-state index in [1.54, 1.807) is 0 Å². The van der Waals surface area contributed by atoms with Crippen molar-refractivity contribution in [3.63, 3.8) is 0 Å². The number of esters is 1. The van der Waals surface area contributed by atoms with Crippen molar-refractivity contribution < 1.29 is 28.9 Å². The van der Waals surface area contributed by atoms with Crippen molar-refractivity contribution in [2.45, 2.75) is 161 Å². The van der Waals surface area contributed by atoms with Crippen molar-refractivity contribution in [3.8, 4) is 0 Å². The largest absolute Gasteiger partial charge is 0.463 e. The standard InChI is InChI=1S/C36H63NO6/c1-5-28(30-12-18-35(19-13-30)43-27(4)41-22-21-37-20-6-7-36(37)40)24-32(31-8-14-33(39)15-9-31)23-25(2)29-10-16-34(17-11-29)42-26(3)38/h25,27-35,39H,5-24H2,1-4H3. The molecule has 0 spiro atoms. The summed E-state index contributed by atoms with van der Waals surface area (Å²) in [6.45, 7) is 10.5. The highest BCUT2D eigenvalue weighted by atomic mass is 16.7. The molecule has 3 saturated carbocycles. The zero-order valence-electron chi connectivity index (χ0n) is 27.9. The summed E-state index contributed by atoms with van der Waals surface area (Å²) in [6, 6.07) is 0. The first kappa shape index (κ1) is 34.7. The molecule has 1 heterocycles. The fourth-order valence-corrected chi connectivity index (χ4v) is 9.09. The Hall–Kier alpha value is -1.18. The summed E-state index contributed by atoms with van der Waals surface area (Å²) in [5, 5.41) is 10.2. The molecule has 4 rings (SSSR count). The number of amides is 1. The predicted octanol–water partition coefficient (Wildman–Crippen LogP) is 7.28. The van der Waals surface area contributed by atoms with Crippen molar-refractivity contribution in [1.82, 2.24) is 4.90 Å². The maximum Gasteiger partial charge on any atom is 0.302 e. The van der Waals surface area contributed by atoms with E-state index in [-0.39, 0.29) is 36.5 Å². The molecule has 7 nitrogen and oxygen atoms in total. The van der Waals surface area contributed by atoms with Gasteiger partial charge in [-0.25, -0.2) is 0 Å². The molecule has 1 N–H and O–H groups in total. The highest BCUT2D eigenvalue weighted by Crippen LogP contribution is 2.44. The Kier molecular flexibility index (Phi) is 14.1. The number of aliphatic hydroxyl groups excluding tert-OH is 1. The topological polar surface area (TPSA) is 85.3 Å². The fraction of sp³-hybridized carbons (Fsp3) is 0.944. The van der Waals surface area contributed by atoms with Gasteiger partial charge in [-0.3, -0.25) is 9.59 Å². The summed E-state index contributed by atoms with van der Waals surface area (Å²) in [7, 11) is 0. The summed E-state index contributed by atoms with van der Waals surface area (Å²) in [5.74, 6) is 4.55. The summed E-state index contributed by atoms with van der Waals surface area (Å²) < 4.78 is 17.8. The number of hydrogen-bond acceptors (Lipinski definition) is 6. The van der Waals surface area contributed by atoms with Crippen LogP contribution in [0.1, 0.15) is 137 Å². The SMILES string of the molecule is CCC(CC(CC(C)C1CCC(OC(C)=O)CC1)C1CCC(O)CC1)C1CCC(OC(C)OCCN2CCCC2=O)CC1. The van der Waals surface area contributed by atoms with Crippen LogP contribution in [0.3, 0.4) is 0 Å². The van der Waals surface area contributed by atoms with Crippen LogP contribution in [-0.2, 0) is 23.8 Å². The van der Waals surface area contributed by atoms with Gasteiger partial charge in [0.15, 0.2) is 6.29 Å². The molecule has 0 bridgehead atoms. The van der Waals surface area contributed by atoms with Gasteiger partial charge in [0.1, 0.15) is 6.10 Å². The monoisotopic (exact) mass is 605 g/mol. The van der Waals surface area contributed by atoms with Crippen LogP contribution in [0.25, 0.3) is 0 Å². The predicted molar refractivity (Wildman–Crippen MR) is 169 cm³/mol. The third-order valence-corrected chi connectivity index (χ3v) is 11.7. The minimum absolute atomic E-state index is 0.0998. The van der Waals surface area contributed by atoms with Crippen LogP contribution in [-0.4, -0.2) is 66.2 Å². The van der Waals surface area contributed by atoms with Crippen molar-refractivity contribution in [2.75, 3.05) is 19.7 Å². The van der Waals surface area contributed by atoms with Gasteiger partial charge in [0.05, 0.1) is 18.8 Å². The Bertz CT molecular complexity index is 828. The number of likely N-dealkylation sites (tertiary alicyclic amines) is 1. The molecule has 4 aliphatic rings. The third-order valence-electron chi connectivity index (χ3n) is 11.7. The van der Waals surface area contributed by atoms with Crippen LogP contribution in [0.15, 0.2) is 0 Å². The number of carbonyl (C=O) groups excluding carboxylic acids is 2. The average Bonchev–Trinajstić information content (AvgIpc) is 3.40. The van der Waals surface area contributed by atoms with E-state index in [0.717, 1.165) is 81.1 Å². The van der Waals surface area contributed by atoms with Gasteiger partial charge < -0.3 is 24.2 Å². The van der Waals surface area contributed by atoms with E-state index in [9.17, 15) is 14.7 Å². The zero-order chi connectivity index (χ0) is 30.8. The lowest BCUT2D eigenvalue weighted by Gasteiger charge is -2.41. The third kappa shape index (κ3) is 11.0. The number of aliphatic hydroxyl groups is 1. The zero-order valence-corrected chi connectivity index (χ0v) is 27.9. The molecule has 3 aliphatic carbocycles. The highest BCUT2D eigenvalue weighted by Gasteiger charge is 2.36. The lowest BCUT2D eigenvalue weighted by atomic mass is 9.66. The molecular weight excluding hydrogens is 542 g/mol. The van der Waals surface area contributed by atoms with E-state index in [2.05, 4.69) is 13.8 Å². The average molecular weight is 606 g/mol. The molecule has 1 saturated heterocycles. The molecule has 0 radical (unpaired) electrons. The second-order valence-electron chi connectivity index (χ2n) is 14.7. The first-order valence-corrected chi connectivity index (χ1v) is 18.1. The lowest BCUT2D eigenvalue weighted by Crippen LogP contribution is -2.34. The molecule has 43 heavy (non-hydrogen) atoms. The van der Waals surface area contributed by atoms with Crippen LogP contribution in [0.4, 0.5) is 0 Å². The molecule has 1 aliphatic heterocycles. The first-order chi connectivity index (χ1) is 20.7. The Morgan fingerprint density at radius 3 is 2.07 bits per heavy atom. The second kappa shape index (κ2) is 17.5. The molecule has 0 aromatic carbocycles. The van der Waals surface area contributed by atoms with Gasteiger partial charge in [0.25, 0.3) is 0 Å². The molecule has 4 unspecified atom stereocenters. The number of rotatable bonds is 15. The van der Waals surface area contributed by atoms with Crippen LogP contribution in [0, 0.1) is 35.5 Å². The number of carbonyl (C=O) groups is 2. The summed E-state index contributed by atoms with van der Waals surface area (Å²) >= 11 is 0. The fourth-order valence-electron chi connectivity index (χ4n) is 9.09. The normalized spacial score (nSPS) is 33.1. The number of nitrogens with zero attached hydrogens (tertiary/aromatic N) is 1. The van der Waals surface area contributed by atoms with E-state index in [0.29, 0.717) is 25.5 Å².